The van der Waals surface area contributed by atoms with E-state index in [2.05, 4.69) is 0 Å². The Hall–Kier alpha value is -2.48. The quantitative estimate of drug-likeness (QED) is 0.447. The Bertz CT molecular complexity index is 705. The molecule has 1 aromatic heterocycles. The van der Waals surface area contributed by atoms with E-state index >= 15 is 0 Å². The first kappa shape index (κ1) is 18.9. The van der Waals surface area contributed by atoms with Crippen molar-refractivity contribution >= 4 is 35.0 Å². The largest absolute Gasteiger partial charge is 0.458 e. The van der Waals surface area contributed by atoms with Gasteiger partial charge in [0.05, 0.1) is 4.88 Å². The van der Waals surface area contributed by atoms with Gasteiger partial charge in [0, 0.05) is 32.8 Å². The van der Waals surface area contributed by atoms with E-state index < -0.39 is 36.2 Å². The Morgan fingerprint density at radius 3 is 2.16 bits per heavy atom. The summed E-state index contributed by atoms with van der Waals surface area (Å²) in [4.78, 5) is 47.3. The minimum atomic E-state index is -1.02. The number of carbonyl (C=O) groups is 4. The maximum Gasteiger partial charge on any atom is 0.303 e. The minimum Gasteiger partial charge on any atom is -0.458 e. The van der Waals surface area contributed by atoms with Crippen molar-refractivity contribution < 1.29 is 33.4 Å². The second-order valence-corrected chi connectivity index (χ2v) is 6.45. The lowest BCUT2D eigenvalue weighted by Gasteiger charge is -2.34. The average molecular weight is 366 g/mol. The summed E-state index contributed by atoms with van der Waals surface area (Å²) in [6, 6.07) is 3.42. The van der Waals surface area contributed by atoms with Crippen molar-refractivity contribution in [1.29, 1.82) is 0 Å². The van der Waals surface area contributed by atoms with Gasteiger partial charge in [0.15, 0.2) is 18.0 Å². The first-order valence-corrected chi connectivity index (χ1v) is 8.46. The van der Waals surface area contributed by atoms with Crippen LogP contribution in [0.1, 0.15) is 36.9 Å². The van der Waals surface area contributed by atoms with E-state index in [0.717, 1.165) is 0 Å². The summed E-state index contributed by atoms with van der Waals surface area (Å²) in [6.45, 7) is 3.62. The Morgan fingerprint density at radius 2 is 1.64 bits per heavy atom. The number of ether oxygens (including phenoxy) is 3. The summed E-state index contributed by atoms with van der Waals surface area (Å²) in [6.07, 6.45) is -1.43. The highest BCUT2D eigenvalue weighted by molar-refractivity contribution is 7.12. The van der Waals surface area contributed by atoms with Crippen LogP contribution in [-0.2, 0) is 28.6 Å². The lowest BCUT2D eigenvalue weighted by atomic mass is 9.89. The van der Waals surface area contributed by atoms with Crippen LogP contribution in [-0.4, -0.2) is 42.0 Å². The maximum atomic E-state index is 12.6. The molecular weight excluding hydrogens is 348 g/mol. The standard InChI is InChI=1S/C17H18O7S/c1-9(18)22-13-7-12(16(21)15-5-4-6-25-15)8-14(23-10(2)19)17(13)24-11(3)20/h4-7,13-14,17H,8H2,1-3H3/t13-,14-,17-/m1/s1. The van der Waals surface area contributed by atoms with E-state index in [0.29, 0.717) is 10.5 Å². The summed E-state index contributed by atoms with van der Waals surface area (Å²) >= 11 is 1.28. The first-order valence-electron chi connectivity index (χ1n) is 7.58. The van der Waals surface area contributed by atoms with E-state index in [9.17, 15) is 19.2 Å². The fourth-order valence-electron chi connectivity index (χ4n) is 2.59. The number of esters is 3. The summed E-state index contributed by atoms with van der Waals surface area (Å²) < 4.78 is 15.6. The molecule has 7 nitrogen and oxygen atoms in total. The van der Waals surface area contributed by atoms with Gasteiger partial charge < -0.3 is 14.2 Å². The van der Waals surface area contributed by atoms with Crippen molar-refractivity contribution in [2.24, 2.45) is 0 Å². The molecule has 0 aromatic carbocycles. The molecule has 1 aromatic rings. The molecule has 0 spiro atoms. The highest BCUT2D eigenvalue weighted by atomic mass is 32.1. The predicted octanol–water partition coefficient (Wildman–Crippen LogP) is 2.06. The molecule has 25 heavy (non-hydrogen) atoms. The summed E-state index contributed by atoms with van der Waals surface area (Å²) in [5.41, 5.74) is 0.336. The maximum absolute atomic E-state index is 12.6. The third kappa shape index (κ3) is 4.99. The molecule has 0 radical (unpaired) electrons. The average Bonchev–Trinajstić information content (AvgIpc) is 3.02. The van der Waals surface area contributed by atoms with Crippen molar-refractivity contribution in [3.05, 3.63) is 34.0 Å². The second kappa shape index (κ2) is 8.06. The SMILES string of the molecule is CC(=O)O[C@@H]1[C@H](OC(C)=O)C=C(C(=O)c2cccs2)C[C@H]1OC(C)=O. The molecule has 1 aliphatic rings. The first-order chi connectivity index (χ1) is 11.8. The van der Waals surface area contributed by atoms with Crippen LogP contribution in [0.25, 0.3) is 0 Å². The fourth-order valence-corrected chi connectivity index (χ4v) is 3.29. The molecule has 1 aliphatic carbocycles. The van der Waals surface area contributed by atoms with Gasteiger partial charge in [-0.2, -0.15) is 0 Å². The van der Waals surface area contributed by atoms with Gasteiger partial charge >= 0.3 is 17.9 Å². The third-order valence-electron chi connectivity index (χ3n) is 3.43. The molecule has 0 amide bonds. The van der Waals surface area contributed by atoms with Crippen molar-refractivity contribution in [1.82, 2.24) is 0 Å². The third-order valence-corrected chi connectivity index (χ3v) is 4.30. The molecular formula is C17H18O7S. The zero-order chi connectivity index (χ0) is 18.6. The van der Waals surface area contributed by atoms with E-state index in [4.69, 9.17) is 14.2 Å². The van der Waals surface area contributed by atoms with Gasteiger partial charge in [-0.15, -0.1) is 11.3 Å². The van der Waals surface area contributed by atoms with Gasteiger partial charge in [-0.05, 0) is 17.5 Å². The van der Waals surface area contributed by atoms with Gasteiger partial charge in [0.25, 0.3) is 0 Å². The van der Waals surface area contributed by atoms with Crippen LogP contribution < -0.4 is 0 Å². The van der Waals surface area contributed by atoms with E-state index in [-0.39, 0.29) is 12.2 Å². The monoisotopic (exact) mass is 366 g/mol. The zero-order valence-electron chi connectivity index (χ0n) is 14.0. The second-order valence-electron chi connectivity index (χ2n) is 5.50. The number of carbonyl (C=O) groups excluding carboxylic acids is 4. The number of rotatable bonds is 5. The molecule has 0 fully saturated rings. The Kier molecular flexibility index (Phi) is 6.08. The molecule has 0 bridgehead atoms. The molecule has 0 saturated heterocycles. The molecule has 0 saturated carbocycles. The van der Waals surface area contributed by atoms with E-state index in [1.807, 2.05) is 0 Å². The van der Waals surface area contributed by atoms with E-state index in [1.54, 1.807) is 17.5 Å². The number of hydrogen-bond acceptors (Lipinski definition) is 8. The lowest BCUT2D eigenvalue weighted by Crippen LogP contribution is -2.47. The number of hydrogen-bond donors (Lipinski definition) is 0. The Morgan fingerprint density at radius 1 is 1.00 bits per heavy atom. The van der Waals surface area contributed by atoms with Gasteiger partial charge in [-0.3, -0.25) is 19.2 Å². The van der Waals surface area contributed by atoms with Crippen molar-refractivity contribution in [3.63, 3.8) is 0 Å². The van der Waals surface area contributed by atoms with Gasteiger partial charge in [0.2, 0.25) is 0 Å². The summed E-state index contributed by atoms with van der Waals surface area (Å²) in [5, 5.41) is 1.77. The summed E-state index contributed by atoms with van der Waals surface area (Å²) in [7, 11) is 0. The minimum absolute atomic E-state index is 0.0615. The molecule has 2 rings (SSSR count). The van der Waals surface area contributed by atoms with Crippen LogP contribution in [0, 0.1) is 0 Å². The van der Waals surface area contributed by atoms with Crippen LogP contribution >= 0.6 is 11.3 Å². The van der Waals surface area contributed by atoms with Crippen molar-refractivity contribution in [2.45, 2.75) is 45.5 Å². The van der Waals surface area contributed by atoms with Gasteiger partial charge in [-0.1, -0.05) is 6.07 Å². The molecule has 0 N–H and O–H groups in total. The van der Waals surface area contributed by atoms with Crippen LogP contribution in [0.3, 0.4) is 0 Å². The lowest BCUT2D eigenvalue weighted by molar-refractivity contribution is -0.180. The molecule has 0 unspecified atom stereocenters. The van der Waals surface area contributed by atoms with Crippen LogP contribution in [0.5, 0.6) is 0 Å². The summed E-state index contributed by atoms with van der Waals surface area (Å²) in [5.74, 6) is -2.05. The van der Waals surface area contributed by atoms with Crippen molar-refractivity contribution in [2.75, 3.05) is 0 Å². The smallest absolute Gasteiger partial charge is 0.303 e. The van der Waals surface area contributed by atoms with Crippen LogP contribution in [0.15, 0.2) is 29.2 Å². The van der Waals surface area contributed by atoms with E-state index in [1.165, 1.54) is 38.2 Å². The molecule has 3 atom stereocenters. The van der Waals surface area contributed by atoms with Gasteiger partial charge in [0.1, 0.15) is 6.10 Å². The van der Waals surface area contributed by atoms with Gasteiger partial charge in [-0.25, -0.2) is 0 Å². The highest BCUT2D eigenvalue weighted by Crippen LogP contribution is 2.30. The predicted molar refractivity (Wildman–Crippen MR) is 88.0 cm³/mol. The molecule has 0 aliphatic heterocycles. The topological polar surface area (TPSA) is 96.0 Å². The zero-order valence-corrected chi connectivity index (χ0v) is 14.8. The number of Topliss-reactive ketones (excluding diaryl/α,β-unsaturated/α-hetero) is 1. The molecule has 134 valence electrons. The van der Waals surface area contributed by atoms with Crippen LogP contribution in [0.2, 0.25) is 0 Å². The Balaban J connectivity index is 2.37. The highest BCUT2D eigenvalue weighted by Gasteiger charge is 2.41. The Labute approximate surface area is 148 Å². The molecule has 8 heteroatoms. The van der Waals surface area contributed by atoms with Crippen molar-refractivity contribution in [3.8, 4) is 0 Å². The number of ketones is 1. The number of thiophene rings is 1. The molecule has 1 heterocycles. The normalized spacial score (nSPS) is 22.5. The van der Waals surface area contributed by atoms with Crippen LogP contribution in [0.4, 0.5) is 0 Å². The fraction of sp³-hybridized carbons (Fsp3) is 0.412.